The molecule has 0 spiro atoms. The van der Waals surface area contributed by atoms with Crippen molar-refractivity contribution < 1.29 is 4.74 Å². The summed E-state index contributed by atoms with van der Waals surface area (Å²) >= 11 is 0. The van der Waals surface area contributed by atoms with Gasteiger partial charge in [-0.25, -0.2) is 0 Å². The second kappa shape index (κ2) is 6.11. The van der Waals surface area contributed by atoms with Gasteiger partial charge in [-0.3, -0.25) is 0 Å². The summed E-state index contributed by atoms with van der Waals surface area (Å²) in [6.45, 7) is 8.18. The predicted molar refractivity (Wildman–Crippen MR) is 78.4 cm³/mol. The number of nitrogens with zero attached hydrogens (tertiary/aromatic N) is 1. The molecule has 3 rings (SSSR count). The molecular weight excluding hydrogens is 236 g/mol. The fourth-order valence-electron chi connectivity index (χ4n) is 4.15. The number of ether oxygens (including phenoxy) is 1. The molecule has 0 aromatic carbocycles. The van der Waals surface area contributed by atoms with Gasteiger partial charge in [0.15, 0.2) is 0 Å². The molecule has 3 saturated heterocycles. The van der Waals surface area contributed by atoms with Crippen molar-refractivity contribution >= 4 is 0 Å². The molecule has 3 fully saturated rings. The number of fused-ring (bicyclic) bond motifs is 1. The Hall–Kier alpha value is -0.120. The van der Waals surface area contributed by atoms with E-state index in [4.69, 9.17) is 4.74 Å². The Balaban J connectivity index is 1.48. The van der Waals surface area contributed by atoms with Gasteiger partial charge in [-0.2, -0.15) is 0 Å². The first-order valence-electron chi connectivity index (χ1n) is 8.34. The molecule has 110 valence electrons. The van der Waals surface area contributed by atoms with Gasteiger partial charge >= 0.3 is 0 Å². The number of nitrogens with one attached hydrogen (secondary N) is 1. The molecule has 0 aliphatic carbocycles. The van der Waals surface area contributed by atoms with Gasteiger partial charge in [0.2, 0.25) is 0 Å². The molecule has 4 unspecified atom stereocenters. The van der Waals surface area contributed by atoms with E-state index in [-0.39, 0.29) is 0 Å². The van der Waals surface area contributed by atoms with E-state index in [9.17, 15) is 0 Å². The molecule has 3 aliphatic rings. The highest BCUT2D eigenvalue weighted by Gasteiger charge is 2.33. The zero-order valence-corrected chi connectivity index (χ0v) is 12.6. The molecule has 19 heavy (non-hydrogen) atoms. The van der Waals surface area contributed by atoms with Crippen LogP contribution in [0.1, 0.15) is 52.4 Å². The Morgan fingerprint density at radius 2 is 1.89 bits per heavy atom. The van der Waals surface area contributed by atoms with Crippen molar-refractivity contribution in [1.29, 1.82) is 0 Å². The highest BCUT2D eigenvalue weighted by Crippen LogP contribution is 2.28. The Morgan fingerprint density at radius 1 is 1.05 bits per heavy atom. The summed E-state index contributed by atoms with van der Waals surface area (Å²) in [5, 5.41) is 3.95. The highest BCUT2D eigenvalue weighted by atomic mass is 16.5. The SMILES string of the molecule is CC(C)C1CC(NC2CCN3CCCC3C2)CCO1. The smallest absolute Gasteiger partial charge is 0.0612 e. The van der Waals surface area contributed by atoms with Crippen LogP contribution in [0.5, 0.6) is 0 Å². The first kappa shape index (κ1) is 13.8. The third-order valence-corrected chi connectivity index (χ3v) is 5.35. The lowest BCUT2D eigenvalue weighted by atomic mass is 9.92. The molecule has 3 nitrogen and oxygen atoms in total. The highest BCUT2D eigenvalue weighted by molar-refractivity contribution is 4.91. The van der Waals surface area contributed by atoms with Gasteiger partial charge in [-0.1, -0.05) is 13.8 Å². The number of piperidine rings is 1. The van der Waals surface area contributed by atoms with Crippen LogP contribution in [-0.2, 0) is 4.74 Å². The van der Waals surface area contributed by atoms with E-state index >= 15 is 0 Å². The number of hydrogen-bond donors (Lipinski definition) is 1. The average molecular weight is 266 g/mol. The maximum Gasteiger partial charge on any atom is 0.0612 e. The molecule has 0 amide bonds. The van der Waals surface area contributed by atoms with Crippen LogP contribution >= 0.6 is 0 Å². The topological polar surface area (TPSA) is 24.5 Å². The van der Waals surface area contributed by atoms with E-state index < -0.39 is 0 Å². The molecule has 0 radical (unpaired) electrons. The van der Waals surface area contributed by atoms with E-state index in [0.29, 0.717) is 18.1 Å². The minimum atomic E-state index is 0.470. The van der Waals surface area contributed by atoms with Gasteiger partial charge in [0.05, 0.1) is 6.10 Å². The Bertz CT molecular complexity index is 290. The van der Waals surface area contributed by atoms with Crippen LogP contribution in [0.4, 0.5) is 0 Å². The van der Waals surface area contributed by atoms with Crippen molar-refractivity contribution in [3.63, 3.8) is 0 Å². The Morgan fingerprint density at radius 3 is 2.74 bits per heavy atom. The lowest BCUT2D eigenvalue weighted by Crippen LogP contribution is -2.51. The summed E-state index contributed by atoms with van der Waals surface area (Å²) in [6, 6.07) is 2.33. The zero-order chi connectivity index (χ0) is 13.2. The predicted octanol–water partition coefficient (Wildman–Crippen LogP) is 2.41. The van der Waals surface area contributed by atoms with Gasteiger partial charge < -0.3 is 15.0 Å². The lowest BCUT2D eigenvalue weighted by Gasteiger charge is -2.39. The largest absolute Gasteiger partial charge is 0.378 e. The molecule has 0 aromatic heterocycles. The molecule has 0 aromatic rings. The monoisotopic (exact) mass is 266 g/mol. The third kappa shape index (κ3) is 3.32. The fourth-order valence-corrected chi connectivity index (χ4v) is 4.15. The van der Waals surface area contributed by atoms with E-state index in [1.165, 1.54) is 51.6 Å². The zero-order valence-electron chi connectivity index (χ0n) is 12.6. The van der Waals surface area contributed by atoms with E-state index in [2.05, 4.69) is 24.1 Å². The van der Waals surface area contributed by atoms with E-state index in [1.807, 2.05) is 0 Å². The van der Waals surface area contributed by atoms with E-state index in [1.54, 1.807) is 0 Å². The molecule has 4 atom stereocenters. The van der Waals surface area contributed by atoms with Crippen molar-refractivity contribution in [2.24, 2.45) is 5.92 Å². The van der Waals surface area contributed by atoms with Crippen molar-refractivity contribution in [2.45, 2.75) is 76.6 Å². The maximum atomic E-state index is 5.88. The summed E-state index contributed by atoms with van der Waals surface area (Å²) in [5.74, 6) is 0.654. The normalized spacial score (nSPS) is 40.6. The van der Waals surface area contributed by atoms with Gasteiger partial charge in [-0.15, -0.1) is 0 Å². The van der Waals surface area contributed by atoms with Crippen molar-refractivity contribution in [3.8, 4) is 0 Å². The standard InChI is InChI=1S/C16H30N2O/c1-12(2)16-11-14(6-9-19-16)17-13-5-8-18-7-3-4-15(18)10-13/h12-17H,3-11H2,1-2H3. The number of rotatable bonds is 3. The van der Waals surface area contributed by atoms with Crippen LogP contribution in [0.15, 0.2) is 0 Å². The van der Waals surface area contributed by atoms with Crippen LogP contribution in [0.25, 0.3) is 0 Å². The van der Waals surface area contributed by atoms with Crippen molar-refractivity contribution in [2.75, 3.05) is 19.7 Å². The Kier molecular flexibility index (Phi) is 4.45. The minimum absolute atomic E-state index is 0.470. The first-order chi connectivity index (χ1) is 9.22. The minimum Gasteiger partial charge on any atom is -0.378 e. The van der Waals surface area contributed by atoms with Crippen LogP contribution < -0.4 is 5.32 Å². The van der Waals surface area contributed by atoms with E-state index in [0.717, 1.165) is 18.7 Å². The van der Waals surface area contributed by atoms with Gasteiger partial charge in [0, 0.05) is 24.7 Å². The Labute approximate surface area is 118 Å². The van der Waals surface area contributed by atoms with Gasteiger partial charge in [0.25, 0.3) is 0 Å². The summed E-state index contributed by atoms with van der Waals surface area (Å²) in [4.78, 5) is 2.71. The molecule has 0 saturated carbocycles. The first-order valence-corrected chi connectivity index (χ1v) is 8.34. The third-order valence-electron chi connectivity index (χ3n) is 5.35. The molecule has 3 heterocycles. The fraction of sp³-hybridized carbons (Fsp3) is 1.00. The maximum absolute atomic E-state index is 5.88. The van der Waals surface area contributed by atoms with Crippen LogP contribution in [0.2, 0.25) is 0 Å². The number of hydrogen-bond acceptors (Lipinski definition) is 3. The summed E-state index contributed by atoms with van der Waals surface area (Å²) in [7, 11) is 0. The van der Waals surface area contributed by atoms with Crippen LogP contribution in [0.3, 0.4) is 0 Å². The average Bonchev–Trinajstić information content (AvgIpc) is 2.86. The van der Waals surface area contributed by atoms with Crippen LogP contribution in [0, 0.1) is 5.92 Å². The molecule has 1 N–H and O–H groups in total. The van der Waals surface area contributed by atoms with Crippen molar-refractivity contribution in [3.05, 3.63) is 0 Å². The second-order valence-electron chi connectivity index (χ2n) is 7.09. The lowest BCUT2D eigenvalue weighted by molar-refractivity contribution is -0.0274. The molecular formula is C16H30N2O. The second-order valence-corrected chi connectivity index (χ2v) is 7.09. The summed E-state index contributed by atoms with van der Waals surface area (Å²) in [6.07, 6.45) is 8.46. The van der Waals surface area contributed by atoms with Gasteiger partial charge in [0.1, 0.15) is 0 Å². The quantitative estimate of drug-likeness (QED) is 0.849. The summed E-state index contributed by atoms with van der Waals surface area (Å²) < 4.78 is 5.88. The van der Waals surface area contributed by atoms with Crippen molar-refractivity contribution in [1.82, 2.24) is 10.2 Å². The van der Waals surface area contributed by atoms with Gasteiger partial charge in [-0.05, 0) is 57.5 Å². The molecule has 3 aliphatic heterocycles. The molecule has 3 heteroatoms. The summed E-state index contributed by atoms with van der Waals surface area (Å²) in [5.41, 5.74) is 0. The van der Waals surface area contributed by atoms with Crippen LogP contribution in [-0.4, -0.2) is 48.8 Å². The molecule has 0 bridgehead atoms.